The topological polar surface area (TPSA) is 49.8 Å². The van der Waals surface area contributed by atoms with Crippen LogP contribution in [0.1, 0.15) is 5.56 Å². The van der Waals surface area contributed by atoms with Gasteiger partial charge in [0.25, 0.3) is 0 Å². The molecule has 3 rings (SSSR count). The van der Waals surface area contributed by atoms with E-state index in [9.17, 15) is 0 Å². The highest BCUT2D eigenvalue weighted by molar-refractivity contribution is 9.10. The van der Waals surface area contributed by atoms with Gasteiger partial charge >= 0.3 is 0 Å². The Morgan fingerprint density at radius 3 is 2.50 bits per heavy atom. The van der Waals surface area contributed by atoms with Crippen molar-refractivity contribution < 1.29 is 0 Å². The first-order valence-corrected chi connectivity index (χ1v) is 7.68. The lowest BCUT2D eigenvalue weighted by Crippen LogP contribution is -2.00. The van der Waals surface area contributed by atoms with Crippen molar-refractivity contribution in [1.82, 2.24) is 9.97 Å². The van der Waals surface area contributed by atoms with Gasteiger partial charge in [-0.05, 0) is 55.0 Å². The monoisotopic (exact) mass is 354 g/mol. The molecule has 0 aliphatic carbocycles. The average molecular weight is 355 g/mol. The molecule has 3 aromatic rings. The molecule has 110 valence electrons. The maximum atomic E-state index is 4.47. The zero-order valence-electron chi connectivity index (χ0n) is 12.0. The maximum Gasteiger partial charge on any atom is 0.229 e. The van der Waals surface area contributed by atoms with E-state index < -0.39 is 0 Å². The summed E-state index contributed by atoms with van der Waals surface area (Å²) in [6.07, 6.45) is 1.73. The highest BCUT2D eigenvalue weighted by Gasteiger charge is 2.01. The van der Waals surface area contributed by atoms with Gasteiger partial charge < -0.3 is 10.6 Å². The fourth-order valence-corrected chi connectivity index (χ4v) is 2.29. The van der Waals surface area contributed by atoms with Crippen molar-refractivity contribution in [2.45, 2.75) is 6.92 Å². The van der Waals surface area contributed by atoms with Crippen LogP contribution in [0.4, 0.5) is 23.1 Å². The van der Waals surface area contributed by atoms with Gasteiger partial charge in [-0.25, -0.2) is 4.98 Å². The molecule has 0 spiro atoms. The molecular weight excluding hydrogens is 340 g/mol. The molecule has 2 aromatic carbocycles. The summed E-state index contributed by atoms with van der Waals surface area (Å²) in [6, 6.07) is 17.9. The molecule has 0 saturated carbocycles. The summed E-state index contributed by atoms with van der Waals surface area (Å²) in [5.74, 6) is 1.31. The summed E-state index contributed by atoms with van der Waals surface area (Å²) in [5.41, 5.74) is 3.15. The zero-order chi connectivity index (χ0) is 15.4. The molecule has 0 bridgehead atoms. The molecule has 5 heteroatoms. The van der Waals surface area contributed by atoms with Crippen LogP contribution in [0, 0.1) is 6.92 Å². The minimum Gasteiger partial charge on any atom is -0.340 e. The van der Waals surface area contributed by atoms with E-state index in [4.69, 9.17) is 0 Å². The van der Waals surface area contributed by atoms with Crippen LogP contribution in [0.15, 0.2) is 65.3 Å². The lowest BCUT2D eigenvalue weighted by atomic mass is 10.2. The van der Waals surface area contributed by atoms with E-state index in [-0.39, 0.29) is 0 Å². The van der Waals surface area contributed by atoms with Crippen LogP contribution in [0.5, 0.6) is 0 Å². The molecule has 1 heterocycles. The number of aromatic nitrogens is 2. The van der Waals surface area contributed by atoms with Gasteiger partial charge in [-0.2, -0.15) is 4.98 Å². The molecule has 0 aliphatic rings. The first-order valence-electron chi connectivity index (χ1n) is 6.88. The number of halogens is 1. The van der Waals surface area contributed by atoms with Gasteiger partial charge in [-0.1, -0.05) is 28.1 Å². The number of hydrogen-bond donors (Lipinski definition) is 2. The first kappa shape index (κ1) is 14.5. The van der Waals surface area contributed by atoms with Crippen molar-refractivity contribution >= 4 is 39.1 Å². The largest absolute Gasteiger partial charge is 0.340 e. The van der Waals surface area contributed by atoms with Crippen molar-refractivity contribution in [1.29, 1.82) is 0 Å². The molecule has 1 aromatic heterocycles. The second-order valence-corrected chi connectivity index (χ2v) is 5.81. The van der Waals surface area contributed by atoms with Crippen LogP contribution < -0.4 is 10.6 Å². The van der Waals surface area contributed by atoms with Gasteiger partial charge in [0.05, 0.1) is 0 Å². The summed E-state index contributed by atoms with van der Waals surface area (Å²) in [5, 5.41) is 6.47. The molecule has 2 N–H and O–H groups in total. The predicted molar refractivity (Wildman–Crippen MR) is 93.9 cm³/mol. The second kappa shape index (κ2) is 6.58. The lowest BCUT2D eigenvalue weighted by molar-refractivity contribution is 1.16. The maximum absolute atomic E-state index is 4.47. The third-order valence-corrected chi connectivity index (χ3v) is 3.58. The standard InChI is InChI=1S/C17H15BrN4/c1-12-3-2-4-15(11-12)20-16-9-10-19-17(22-16)21-14-7-5-13(18)6-8-14/h2-11H,1H3,(H2,19,20,21,22). The summed E-state index contributed by atoms with van der Waals surface area (Å²) >= 11 is 3.42. The highest BCUT2D eigenvalue weighted by Crippen LogP contribution is 2.19. The molecule has 4 nitrogen and oxygen atoms in total. The average Bonchev–Trinajstić information content (AvgIpc) is 2.50. The number of aryl methyl sites for hydroxylation is 1. The predicted octanol–water partition coefficient (Wildman–Crippen LogP) is 5.03. The fraction of sp³-hybridized carbons (Fsp3) is 0.0588. The van der Waals surface area contributed by atoms with E-state index >= 15 is 0 Å². The minimum atomic E-state index is 0.556. The van der Waals surface area contributed by atoms with Crippen LogP contribution in [0.2, 0.25) is 0 Å². The highest BCUT2D eigenvalue weighted by atomic mass is 79.9. The first-order chi connectivity index (χ1) is 10.7. The Hall–Kier alpha value is -2.40. The SMILES string of the molecule is Cc1cccc(Nc2ccnc(Nc3ccc(Br)cc3)n2)c1. The van der Waals surface area contributed by atoms with Crippen LogP contribution in [0.3, 0.4) is 0 Å². The second-order valence-electron chi connectivity index (χ2n) is 4.89. The van der Waals surface area contributed by atoms with Crippen molar-refractivity contribution in [2.24, 2.45) is 0 Å². The smallest absolute Gasteiger partial charge is 0.229 e. The summed E-state index contributed by atoms with van der Waals surface area (Å²) in [4.78, 5) is 8.71. The molecule has 0 saturated heterocycles. The van der Waals surface area contributed by atoms with E-state index in [2.05, 4.69) is 55.6 Å². The normalized spacial score (nSPS) is 10.3. The van der Waals surface area contributed by atoms with Gasteiger partial charge in [0.2, 0.25) is 5.95 Å². The molecule has 0 amide bonds. The third kappa shape index (κ3) is 3.83. The third-order valence-electron chi connectivity index (χ3n) is 3.05. The molecule has 0 unspecified atom stereocenters. The fourth-order valence-electron chi connectivity index (χ4n) is 2.02. The summed E-state index contributed by atoms with van der Waals surface area (Å²) < 4.78 is 1.04. The number of rotatable bonds is 4. The molecule has 0 atom stereocenters. The Labute approximate surface area is 137 Å². The summed E-state index contributed by atoms with van der Waals surface area (Å²) in [7, 11) is 0. The van der Waals surface area contributed by atoms with Gasteiger partial charge in [-0.15, -0.1) is 0 Å². The van der Waals surface area contributed by atoms with Crippen LogP contribution in [-0.2, 0) is 0 Å². The Morgan fingerprint density at radius 1 is 0.909 bits per heavy atom. The van der Waals surface area contributed by atoms with Crippen LogP contribution >= 0.6 is 15.9 Å². The number of hydrogen-bond acceptors (Lipinski definition) is 4. The number of benzene rings is 2. The van der Waals surface area contributed by atoms with E-state index in [1.54, 1.807) is 6.20 Å². The van der Waals surface area contributed by atoms with Crippen molar-refractivity contribution in [3.8, 4) is 0 Å². The summed E-state index contributed by atoms with van der Waals surface area (Å²) in [6.45, 7) is 2.06. The quantitative estimate of drug-likeness (QED) is 0.689. The van der Waals surface area contributed by atoms with E-state index in [0.717, 1.165) is 21.7 Å². The van der Waals surface area contributed by atoms with Crippen LogP contribution in [-0.4, -0.2) is 9.97 Å². The van der Waals surface area contributed by atoms with Crippen molar-refractivity contribution in [3.05, 3.63) is 70.8 Å². The van der Waals surface area contributed by atoms with Gasteiger partial charge in [0.1, 0.15) is 5.82 Å². The van der Waals surface area contributed by atoms with Crippen molar-refractivity contribution in [2.75, 3.05) is 10.6 Å². The molecule has 22 heavy (non-hydrogen) atoms. The minimum absolute atomic E-state index is 0.556. The Bertz CT molecular complexity index is 772. The van der Waals surface area contributed by atoms with Crippen molar-refractivity contribution in [3.63, 3.8) is 0 Å². The van der Waals surface area contributed by atoms with Crippen LogP contribution in [0.25, 0.3) is 0 Å². The molecular formula is C17H15BrN4. The number of anilines is 4. The van der Waals surface area contributed by atoms with E-state index in [1.807, 2.05) is 42.5 Å². The number of nitrogens with zero attached hydrogens (tertiary/aromatic N) is 2. The Balaban J connectivity index is 1.76. The Kier molecular flexibility index (Phi) is 4.34. The van der Waals surface area contributed by atoms with E-state index in [0.29, 0.717) is 5.95 Å². The van der Waals surface area contributed by atoms with Gasteiger partial charge in [0.15, 0.2) is 0 Å². The van der Waals surface area contributed by atoms with Gasteiger partial charge in [0, 0.05) is 22.0 Å². The molecule has 0 aliphatic heterocycles. The zero-order valence-corrected chi connectivity index (χ0v) is 13.6. The van der Waals surface area contributed by atoms with E-state index in [1.165, 1.54) is 5.56 Å². The Morgan fingerprint density at radius 2 is 1.73 bits per heavy atom. The van der Waals surface area contributed by atoms with Gasteiger partial charge in [-0.3, -0.25) is 0 Å². The molecule has 0 fully saturated rings. The lowest BCUT2D eigenvalue weighted by Gasteiger charge is -2.09. The number of nitrogens with one attached hydrogen (secondary N) is 2. The molecule has 0 radical (unpaired) electrons.